The SMILES string of the molecule is O=C(OCc1ccc(Cl)cc1)SCc1ccc(Cl)cc1. The minimum Gasteiger partial charge on any atom is -0.453 e. The predicted molar refractivity (Wildman–Crippen MR) is 84.4 cm³/mol. The molecular formula is C15H12Cl2O2S. The summed E-state index contributed by atoms with van der Waals surface area (Å²) >= 11 is 12.7. The van der Waals surface area contributed by atoms with Crippen LogP contribution in [0.3, 0.4) is 0 Å². The van der Waals surface area contributed by atoms with Gasteiger partial charge in [0, 0.05) is 15.8 Å². The summed E-state index contributed by atoms with van der Waals surface area (Å²) in [4.78, 5) is 11.6. The van der Waals surface area contributed by atoms with Crippen molar-refractivity contribution in [3.8, 4) is 0 Å². The number of ether oxygens (including phenoxy) is 1. The van der Waals surface area contributed by atoms with Gasteiger partial charge in [-0.15, -0.1) is 0 Å². The van der Waals surface area contributed by atoms with E-state index in [0.29, 0.717) is 15.8 Å². The van der Waals surface area contributed by atoms with E-state index in [-0.39, 0.29) is 11.9 Å². The molecule has 0 atom stereocenters. The Balaban J connectivity index is 1.75. The van der Waals surface area contributed by atoms with E-state index in [2.05, 4.69) is 0 Å². The second-order valence-electron chi connectivity index (χ2n) is 4.08. The lowest BCUT2D eigenvalue weighted by Crippen LogP contribution is -1.98. The van der Waals surface area contributed by atoms with E-state index < -0.39 is 0 Å². The molecule has 0 aliphatic heterocycles. The third-order valence-electron chi connectivity index (χ3n) is 2.54. The average molecular weight is 327 g/mol. The summed E-state index contributed by atoms with van der Waals surface area (Å²) in [6.07, 6.45) is 0. The van der Waals surface area contributed by atoms with Crippen LogP contribution in [0, 0.1) is 0 Å². The predicted octanol–water partition coefficient (Wildman–Crippen LogP) is 5.56. The van der Waals surface area contributed by atoms with Crippen LogP contribution in [0.1, 0.15) is 11.1 Å². The topological polar surface area (TPSA) is 26.3 Å². The normalized spacial score (nSPS) is 10.3. The molecule has 0 aliphatic rings. The molecule has 0 heterocycles. The van der Waals surface area contributed by atoms with E-state index in [0.717, 1.165) is 22.9 Å². The third-order valence-corrected chi connectivity index (χ3v) is 3.88. The molecule has 0 saturated carbocycles. The number of rotatable bonds is 4. The molecule has 104 valence electrons. The first-order chi connectivity index (χ1) is 9.63. The molecule has 0 saturated heterocycles. The van der Waals surface area contributed by atoms with Crippen LogP contribution in [0.5, 0.6) is 0 Å². The molecule has 0 N–H and O–H groups in total. The monoisotopic (exact) mass is 326 g/mol. The number of carbonyl (C=O) groups excluding carboxylic acids is 1. The Kier molecular flexibility index (Phi) is 5.77. The molecular weight excluding hydrogens is 315 g/mol. The van der Waals surface area contributed by atoms with Gasteiger partial charge in [0.15, 0.2) is 0 Å². The summed E-state index contributed by atoms with van der Waals surface area (Å²) in [5.74, 6) is 0.566. The number of hydrogen-bond acceptors (Lipinski definition) is 3. The number of benzene rings is 2. The molecule has 0 unspecified atom stereocenters. The van der Waals surface area contributed by atoms with Gasteiger partial charge in [-0.3, -0.25) is 0 Å². The Bertz CT molecular complexity index is 516. The summed E-state index contributed by atoms with van der Waals surface area (Å²) in [7, 11) is 0. The van der Waals surface area contributed by atoms with E-state index >= 15 is 0 Å². The lowest BCUT2D eigenvalue weighted by Gasteiger charge is -2.05. The molecule has 2 nitrogen and oxygen atoms in total. The van der Waals surface area contributed by atoms with Crippen molar-refractivity contribution in [2.75, 3.05) is 0 Å². The lowest BCUT2D eigenvalue weighted by molar-refractivity contribution is 0.168. The zero-order chi connectivity index (χ0) is 14.4. The summed E-state index contributed by atoms with van der Waals surface area (Å²) < 4.78 is 5.17. The summed E-state index contributed by atoms with van der Waals surface area (Å²) in [6.45, 7) is 0.254. The molecule has 0 amide bonds. The first-order valence-electron chi connectivity index (χ1n) is 5.92. The minimum absolute atomic E-state index is 0.254. The molecule has 0 radical (unpaired) electrons. The van der Waals surface area contributed by atoms with Crippen molar-refractivity contribution >= 4 is 40.3 Å². The van der Waals surface area contributed by atoms with Crippen molar-refractivity contribution in [2.24, 2.45) is 0 Å². The fraction of sp³-hybridized carbons (Fsp3) is 0.133. The maximum absolute atomic E-state index is 11.6. The number of thioether (sulfide) groups is 1. The van der Waals surface area contributed by atoms with Crippen LogP contribution in [0.15, 0.2) is 48.5 Å². The van der Waals surface area contributed by atoms with Crippen molar-refractivity contribution in [2.45, 2.75) is 12.4 Å². The first-order valence-corrected chi connectivity index (χ1v) is 7.66. The first kappa shape index (κ1) is 15.2. The van der Waals surface area contributed by atoms with Crippen molar-refractivity contribution in [1.29, 1.82) is 0 Å². The van der Waals surface area contributed by atoms with Crippen LogP contribution < -0.4 is 0 Å². The number of hydrogen-bond donors (Lipinski definition) is 0. The van der Waals surface area contributed by atoms with E-state index in [1.54, 1.807) is 24.3 Å². The Morgan fingerprint density at radius 2 is 1.40 bits per heavy atom. The van der Waals surface area contributed by atoms with Crippen LogP contribution >= 0.6 is 35.0 Å². The van der Waals surface area contributed by atoms with Crippen LogP contribution in [0.2, 0.25) is 10.0 Å². The highest BCUT2D eigenvalue weighted by Crippen LogP contribution is 2.18. The Morgan fingerprint density at radius 1 is 0.900 bits per heavy atom. The van der Waals surface area contributed by atoms with Crippen molar-refractivity contribution in [3.05, 3.63) is 69.7 Å². The number of halogens is 2. The highest BCUT2D eigenvalue weighted by Gasteiger charge is 2.05. The number of carbonyl (C=O) groups is 1. The quantitative estimate of drug-likeness (QED) is 0.687. The molecule has 2 aromatic carbocycles. The molecule has 0 aliphatic carbocycles. The maximum Gasteiger partial charge on any atom is 0.367 e. The van der Waals surface area contributed by atoms with E-state index in [4.69, 9.17) is 27.9 Å². The van der Waals surface area contributed by atoms with Gasteiger partial charge in [-0.25, -0.2) is 4.79 Å². The third kappa shape index (κ3) is 5.08. The summed E-state index contributed by atoms with van der Waals surface area (Å²) in [6, 6.07) is 14.6. The highest BCUT2D eigenvalue weighted by molar-refractivity contribution is 8.12. The van der Waals surface area contributed by atoms with Gasteiger partial charge in [-0.2, -0.15) is 0 Å². The van der Waals surface area contributed by atoms with Gasteiger partial charge in [0.1, 0.15) is 6.61 Å². The molecule has 0 fully saturated rings. The molecule has 5 heteroatoms. The molecule has 0 bridgehead atoms. The van der Waals surface area contributed by atoms with E-state index in [1.165, 1.54) is 0 Å². The molecule has 0 spiro atoms. The standard InChI is InChI=1S/C15H12Cl2O2S/c16-13-5-1-11(2-6-13)9-19-15(18)20-10-12-3-7-14(17)8-4-12/h1-8H,9-10H2. The van der Waals surface area contributed by atoms with Crippen molar-refractivity contribution < 1.29 is 9.53 Å². The van der Waals surface area contributed by atoms with Gasteiger partial charge in [0.2, 0.25) is 0 Å². The van der Waals surface area contributed by atoms with E-state index in [1.807, 2.05) is 24.3 Å². The maximum atomic E-state index is 11.6. The van der Waals surface area contributed by atoms with Crippen molar-refractivity contribution in [1.82, 2.24) is 0 Å². The van der Waals surface area contributed by atoms with Crippen LogP contribution in [0.25, 0.3) is 0 Å². The smallest absolute Gasteiger partial charge is 0.367 e. The van der Waals surface area contributed by atoms with Crippen LogP contribution in [0.4, 0.5) is 4.79 Å². The lowest BCUT2D eigenvalue weighted by atomic mass is 10.2. The fourth-order valence-corrected chi connectivity index (χ4v) is 2.36. The molecule has 0 aromatic heterocycles. The zero-order valence-electron chi connectivity index (χ0n) is 10.5. The van der Waals surface area contributed by atoms with Crippen molar-refractivity contribution in [3.63, 3.8) is 0 Å². The van der Waals surface area contributed by atoms with Gasteiger partial charge in [0.25, 0.3) is 0 Å². The van der Waals surface area contributed by atoms with Gasteiger partial charge in [-0.05, 0) is 47.2 Å². The van der Waals surface area contributed by atoms with Crippen LogP contribution in [-0.4, -0.2) is 5.30 Å². The van der Waals surface area contributed by atoms with E-state index in [9.17, 15) is 4.79 Å². The molecule has 20 heavy (non-hydrogen) atoms. The van der Waals surface area contributed by atoms with Gasteiger partial charge in [-0.1, -0.05) is 47.5 Å². The molecule has 2 aromatic rings. The molecule has 2 rings (SSSR count). The minimum atomic E-state index is -0.296. The summed E-state index contributed by atoms with van der Waals surface area (Å²) in [5, 5.41) is 1.05. The average Bonchev–Trinajstić information content (AvgIpc) is 2.46. The Morgan fingerprint density at radius 3 is 1.95 bits per heavy atom. The Labute approximate surface area is 132 Å². The second kappa shape index (κ2) is 7.58. The highest BCUT2D eigenvalue weighted by atomic mass is 35.5. The van der Waals surface area contributed by atoms with Gasteiger partial charge in [0.05, 0.1) is 0 Å². The van der Waals surface area contributed by atoms with Gasteiger partial charge < -0.3 is 4.74 Å². The summed E-state index contributed by atoms with van der Waals surface area (Å²) in [5.41, 5.74) is 1.94. The van der Waals surface area contributed by atoms with Crippen LogP contribution in [-0.2, 0) is 17.1 Å². The fourth-order valence-electron chi connectivity index (χ4n) is 1.49. The Hall–Kier alpha value is -1.16. The largest absolute Gasteiger partial charge is 0.453 e. The zero-order valence-corrected chi connectivity index (χ0v) is 12.8. The van der Waals surface area contributed by atoms with Gasteiger partial charge >= 0.3 is 5.30 Å². The second-order valence-corrected chi connectivity index (χ2v) is 5.86.